The van der Waals surface area contributed by atoms with Gasteiger partial charge in [-0.2, -0.15) is 0 Å². The number of aromatic nitrogens is 2. The highest BCUT2D eigenvalue weighted by molar-refractivity contribution is 7.71. The van der Waals surface area contributed by atoms with Crippen molar-refractivity contribution in [1.82, 2.24) is 14.5 Å². The molecule has 0 spiro atoms. The van der Waals surface area contributed by atoms with Crippen molar-refractivity contribution in [2.75, 3.05) is 6.54 Å². The Hall–Kier alpha value is -1.95. The average molecular weight is 359 g/mol. The third kappa shape index (κ3) is 3.40. The Morgan fingerprint density at radius 2 is 2.12 bits per heavy atom. The summed E-state index contributed by atoms with van der Waals surface area (Å²) in [5.41, 5.74) is 1.09. The van der Waals surface area contributed by atoms with E-state index in [1.807, 2.05) is 25.7 Å². The highest BCUT2D eigenvalue weighted by Gasteiger charge is 2.36. The Bertz CT molecular complexity index is 928. The van der Waals surface area contributed by atoms with Crippen LogP contribution in [0.2, 0.25) is 0 Å². The second-order valence-electron chi connectivity index (χ2n) is 7.26. The van der Waals surface area contributed by atoms with Gasteiger partial charge in [-0.1, -0.05) is 6.92 Å². The average Bonchev–Trinajstić information content (AvgIpc) is 3.26. The molecule has 3 rings (SSSR count). The fourth-order valence-electron chi connectivity index (χ4n) is 3.27. The van der Waals surface area contributed by atoms with Crippen LogP contribution in [0.1, 0.15) is 44.5 Å². The number of carbonyl (C=O) groups excluding carboxylic acids is 1. The molecular formula is C19H25N3O2S. The second-order valence-corrected chi connectivity index (χ2v) is 7.65. The van der Waals surface area contributed by atoms with Crippen LogP contribution >= 0.6 is 12.2 Å². The number of aromatic amines is 1. The third-order valence-electron chi connectivity index (χ3n) is 5.14. The van der Waals surface area contributed by atoms with Crippen molar-refractivity contribution >= 4 is 29.0 Å². The minimum atomic E-state index is -0.118. The maximum atomic E-state index is 13.0. The Balaban J connectivity index is 1.98. The van der Waals surface area contributed by atoms with Gasteiger partial charge >= 0.3 is 0 Å². The lowest BCUT2D eigenvalue weighted by Crippen LogP contribution is -2.38. The van der Waals surface area contributed by atoms with E-state index >= 15 is 0 Å². The van der Waals surface area contributed by atoms with E-state index in [9.17, 15) is 9.59 Å². The van der Waals surface area contributed by atoms with Gasteiger partial charge in [0.1, 0.15) is 0 Å². The van der Waals surface area contributed by atoms with Crippen molar-refractivity contribution in [3.05, 3.63) is 38.9 Å². The van der Waals surface area contributed by atoms with Gasteiger partial charge in [0.15, 0.2) is 4.77 Å². The fraction of sp³-hybridized carbons (Fsp3) is 0.526. The van der Waals surface area contributed by atoms with Gasteiger partial charge in [-0.25, -0.2) is 0 Å². The molecule has 1 fully saturated rings. The number of benzene rings is 1. The largest absolute Gasteiger partial charge is 0.336 e. The summed E-state index contributed by atoms with van der Waals surface area (Å²) >= 11 is 5.26. The molecule has 2 atom stereocenters. The Morgan fingerprint density at radius 3 is 2.68 bits per heavy atom. The summed E-state index contributed by atoms with van der Waals surface area (Å²) in [5, 5.41) is 0.555. The molecule has 0 aliphatic heterocycles. The van der Waals surface area contributed by atoms with Crippen molar-refractivity contribution in [2.45, 2.75) is 46.7 Å². The molecule has 1 aliphatic rings. The van der Waals surface area contributed by atoms with Crippen LogP contribution in [0.5, 0.6) is 0 Å². The van der Waals surface area contributed by atoms with Crippen LogP contribution in [0.25, 0.3) is 10.9 Å². The van der Waals surface area contributed by atoms with Gasteiger partial charge in [-0.3, -0.25) is 14.2 Å². The van der Waals surface area contributed by atoms with Crippen LogP contribution < -0.4 is 5.56 Å². The summed E-state index contributed by atoms with van der Waals surface area (Å²) in [4.78, 5) is 30.5. The van der Waals surface area contributed by atoms with Crippen LogP contribution in [-0.2, 0) is 6.54 Å². The predicted octanol–water partition coefficient (Wildman–Crippen LogP) is 3.59. The van der Waals surface area contributed by atoms with Crippen molar-refractivity contribution in [2.24, 2.45) is 11.8 Å². The van der Waals surface area contributed by atoms with E-state index in [0.29, 0.717) is 39.6 Å². The zero-order valence-electron chi connectivity index (χ0n) is 15.2. The number of nitrogens with zero attached hydrogens (tertiary/aromatic N) is 2. The first-order valence-corrected chi connectivity index (χ1v) is 9.32. The molecule has 0 unspecified atom stereocenters. The monoisotopic (exact) mass is 359 g/mol. The normalized spacial score (nSPS) is 19.4. The molecule has 25 heavy (non-hydrogen) atoms. The SMILES string of the molecule is CCn1c(=S)[nH]c2cc(C(=O)N(C[C@H]3C[C@H]3C)C(C)C)ccc2c1=O. The molecule has 1 aliphatic carbocycles. The number of rotatable bonds is 5. The number of hydrogen-bond donors (Lipinski definition) is 1. The van der Waals surface area contributed by atoms with E-state index in [1.54, 1.807) is 18.2 Å². The number of H-pyrrole nitrogens is 1. The highest BCUT2D eigenvalue weighted by Crippen LogP contribution is 2.38. The molecule has 134 valence electrons. The summed E-state index contributed by atoms with van der Waals surface area (Å²) in [7, 11) is 0. The Labute approximate surface area is 152 Å². The van der Waals surface area contributed by atoms with Crippen molar-refractivity contribution in [1.29, 1.82) is 0 Å². The van der Waals surface area contributed by atoms with Gasteiger partial charge in [-0.15, -0.1) is 0 Å². The topological polar surface area (TPSA) is 58.1 Å². The summed E-state index contributed by atoms with van der Waals surface area (Å²) in [6.07, 6.45) is 1.19. The van der Waals surface area contributed by atoms with E-state index in [2.05, 4.69) is 11.9 Å². The molecule has 0 radical (unpaired) electrons. The van der Waals surface area contributed by atoms with Crippen LogP contribution in [0.4, 0.5) is 0 Å². The van der Waals surface area contributed by atoms with Crippen LogP contribution in [-0.4, -0.2) is 32.9 Å². The minimum Gasteiger partial charge on any atom is -0.336 e. The first-order chi connectivity index (χ1) is 11.8. The quantitative estimate of drug-likeness (QED) is 0.830. The fourth-order valence-corrected chi connectivity index (χ4v) is 3.60. The molecule has 0 saturated heterocycles. The maximum absolute atomic E-state index is 13.0. The Morgan fingerprint density at radius 1 is 1.44 bits per heavy atom. The molecule has 0 bridgehead atoms. The van der Waals surface area contributed by atoms with E-state index in [1.165, 1.54) is 11.0 Å². The molecule has 1 aromatic carbocycles. The lowest BCUT2D eigenvalue weighted by molar-refractivity contribution is 0.0694. The smallest absolute Gasteiger partial charge is 0.262 e. The van der Waals surface area contributed by atoms with Gasteiger partial charge in [0.05, 0.1) is 10.9 Å². The van der Waals surface area contributed by atoms with Gasteiger partial charge in [0.2, 0.25) is 0 Å². The lowest BCUT2D eigenvalue weighted by atomic mass is 10.1. The van der Waals surface area contributed by atoms with Gasteiger partial charge in [0, 0.05) is 24.7 Å². The zero-order valence-corrected chi connectivity index (χ0v) is 16.0. The van der Waals surface area contributed by atoms with E-state index in [-0.39, 0.29) is 17.5 Å². The Kier molecular flexibility index (Phi) is 4.82. The highest BCUT2D eigenvalue weighted by atomic mass is 32.1. The van der Waals surface area contributed by atoms with Crippen LogP contribution in [0.3, 0.4) is 0 Å². The molecule has 2 aromatic rings. The lowest BCUT2D eigenvalue weighted by Gasteiger charge is -2.27. The number of fused-ring (bicyclic) bond motifs is 1. The van der Waals surface area contributed by atoms with Gasteiger partial charge < -0.3 is 9.88 Å². The van der Waals surface area contributed by atoms with Gasteiger partial charge in [0.25, 0.3) is 11.5 Å². The number of carbonyl (C=O) groups is 1. The third-order valence-corrected chi connectivity index (χ3v) is 5.46. The molecule has 1 heterocycles. The molecule has 1 saturated carbocycles. The second kappa shape index (κ2) is 6.75. The van der Waals surface area contributed by atoms with Crippen molar-refractivity contribution in [3.8, 4) is 0 Å². The molecule has 6 heteroatoms. The molecule has 5 nitrogen and oxygen atoms in total. The zero-order chi connectivity index (χ0) is 18.3. The molecule has 1 amide bonds. The molecular weight excluding hydrogens is 334 g/mol. The number of hydrogen-bond acceptors (Lipinski definition) is 3. The number of amides is 1. The summed E-state index contributed by atoms with van der Waals surface area (Å²) in [6, 6.07) is 5.36. The number of nitrogens with one attached hydrogen (secondary N) is 1. The van der Waals surface area contributed by atoms with Crippen LogP contribution in [0, 0.1) is 16.6 Å². The van der Waals surface area contributed by atoms with Crippen molar-refractivity contribution in [3.63, 3.8) is 0 Å². The summed E-state index contributed by atoms with van der Waals surface area (Å²) in [6.45, 7) is 9.50. The van der Waals surface area contributed by atoms with Gasteiger partial charge in [-0.05, 0) is 69.4 Å². The van der Waals surface area contributed by atoms with Crippen molar-refractivity contribution < 1.29 is 4.79 Å². The summed E-state index contributed by atoms with van der Waals surface area (Å²) < 4.78 is 1.91. The van der Waals surface area contributed by atoms with E-state index < -0.39 is 0 Å². The predicted molar refractivity (Wildman–Crippen MR) is 103 cm³/mol. The molecule has 1 N–H and O–H groups in total. The summed E-state index contributed by atoms with van der Waals surface area (Å²) in [5.74, 6) is 1.32. The van der Waals surface area contributed by atoms with E-state index in [0.717, 1.165) is 6.54 Å². The standard InChI is InChI=1S/C19H25N3O2S/c1-5-21-18(24)15-7-6-13(9-16(15)20-19(21)25)17(23)22(11(2)3)10-14-8-12(14)4/h6-7,9,11-12,14H,5,8,10H2,1-4H3,(H,20,25)/t12-,14-/m1/s1. The molecule has 1 aromatic heterocycles. The first kappa shape index (κ1) is 17.9. The maximum Gasteiger partial charge on any atom is 0.262 e. The minimum absolute atomic E-state index is 0.00925. The first-order valence-electron chi connectivity index (χ1n) is 8.91. The van der Waals surface area contributed by atoms with E-state index in [4.69, 9.17) is 12.2 Å². The van der Waals surface area contributed by atoms with Crippen LogP contribution in [0.15, 0.2) is 23.0 Å².